The van der Waals surface area contributed by atoms with Crippen molar-refractivity contribution in [2.24, 2.45) is 5.92 Å². The van der Waals surface area contributed by atoms with Gasteiger partial charge in [0.25, 0.3) is 0 Å². The summed E-state index contributed by atoms with van der Waals surface area (Å²) in [5, 5.41) is 9.74. The van der Waals surface area contributed by atoms with E-state index >= 15 is 0 Å². The summed E-state index contributed by atoms with van der Waals surface area (Å²) < 4.78 is 0. The van der Waals surface area contributed by atoms with Crippen molar-refractivity contribution >= 4 is 5.82 Å². The molecule has 1 saturated carbocycles. The van der Waals surface area contributed by atoms with Crippen molar-refractivity contribution in [3.63, 3.8) is 0 Å². The lowest BCUT2D eigenvalue weighted by atomic mass is 9.93. The van der Waals surface area contributed by atoms with E-state index in [9.17, 15) is 5.11 Å². The zero-order valence-electron chi connectivity index (χ0n) is 10.9. The normalized spacial score (nSPS) is 26.1. The summed E-state index contributed by atoms with van der Waals surface area (Å²) in [5.41, 5.74) is 0. The van der Waals surface area contributed by atoms with Crippen LogP contribution in [0.4, 0.5) is 5.82 Å². The second kappa shape index (κ2) is 4.84. The highest BCUT2D eigenvalue weighted by Gasteiger charge is 2.28. The maximum atomic E-state index is 9.74. The number of hydrogen-bond donors (Lipinski definition) is 1. The van der Waals surface area contributed by atoms with Crippen molar-refractivity contribution in [2.75, 3.05) is 18.0 Å². The summed E-state index contributed by atoms with van der Waals surface area (Å²) in [6, 6.07) is 2.00. The second-order valence-corrected chi connectivity index (χ2v) is 5.64. The molecule has 0 bridgehead atoms. The smallest absolute Gasteiger partial charge is 0.133 e. The number of hydrogen-bond acceptors (Lipinski definition) is 4. The van der Waals surface area contributed by atoms with Crippen molar-refractivity contribution in [3.8, 4) is 0 Å². The van der Waals surface area contributed by atoms with E-state index in [1.54, 1.807) is 0 Å². The molecule has 1 aromatic rings. The summed E-state index contributed by atoms with van der Waals surface area (Å²) in [4.78, 5) is 11.3. The van der Waals surface area contributed by atoms with E-state index in [4.69, 9.17) is 0 Å². The molecule has 0 amide bonds. The van der Waals surface area contributed by atoms with Crippen LogP contribution in [0, 0.1) is 5.92 Å². The predicted octanol–water partition coefficient (Wildman–Crippen LogP) is 1.95. The van der Waals surface area contributed by atoms with Gasteiger partial charge in [0.05, 0.1) is 6.10 Å². The van der Waals surface area contributed by atoms with Gasteiger partial charge < -0.3 is 10.0 Å². The molecule has 2 atom stereocenters. The Bertz CT molecular complexity index is 417. The second-order valence-electron chi connectivity index (χ2n) is 5.64. The maximum Gasteiger partial charge on any atom is 0.133 e. The molecule has 1 aliphatic heterocycles. The first-order valence-corrected chi connectivity index (χ1v) is 7.00. The molecule has 2 heterocycles. The average Bonchev–Trinajstić information content (AvgIpc) is 3.23. The Morgan fingerprint density at radius 2 is 2.22 bits per heavy atom. The first kappa shape index (κ1) is 11.9. The number of nitrogens with zero attached hydrogens (tertiary/aromatic N) is 3. The Kier molecular flexibility index (Phi) is 3.20. The zero-order valence-corrected chi connectivity index (χ0v) is 10.9. The Balaban J connectivity index is 1.74. The molecule has 1 aromatic heterocycles. The third kappa shape index (κ3) is 2.48. The van der Waals surface area contributed by atoms with Crippen molar-refractivity contribution in [1.82, 2.24) is 9.97 Å². The number of aliphatic hydroxyl groups excluding tert-OH is 1. The van der Waals surface area contributed by atoms with Gasteiger partial charge in [0.15, 0.2) is 0 Å². The van der Waals surface area contributed by atoms with Gasteiger partial charge in [-0.3, -0.25) is 0 Å². The highest BCUT2D eigenvalue weighted by atomic mass is 16.3. The number of rotatable bonds is 3. The van der Waals surface area contributed by atoms with Crippen molar-refractivity contribution in [2.45, 2.75) is 44.6 Å². The van der Waals surface area contributed by atoms with Crippen LogP contribution in [0.2, 0.25) is 0 Å². The first-order chi connectivity index (χ1) is 8.74. The summed E-state index contributed by atoms with van der Waals surface area (Å²) in [7, 11) is 0. The van der Waals surface area contributed by atoms with E-state index in [-0.39, 0.29) is 6.10 Å². The fourth-order valence-corrected chi connectivity index (χ4v) is 2.69. The van der Waals surface area contributed by atoms with E-state index in [1.807, 2.05) is 19.2 Å². The molecule has 0 radical (unpaired) electrons. The third-order valence-corrected chi connectivity index (χ3v) is 4.07. The molecule has 2 unspecified atom stereocenters. The Hall–Kier alpha value is -1.16. The summed E-state index contributed by atoms with van der Waals surface area (Å²) in [6.07, 6.45) is 6.38. The quantitative estimate of drug-likeness (QED) is 0.887. The van der Waals surface area contributed by atoms with Crippen LogP contribution in [0.1, 0.15) is 44.3 Å². The molecule has 4 nitrogen and oxygen atoms in total. The Morgan fingerprint density at radius 3 is 2.94 bits per heavy atom. The number of aliphatic hydroxyl groups is 1. The van der Waals surface area contributed by atoms with Crippen LogP contribution in [0.15, 0.2) is 12.3 Å². The van der Waals surface area contributed by atoms with Crippen molar-refractivity contribution < 1.29 is 5.11 Å². The fraction of sp³-hybridized carbons (Fsp3) is 0.714. The maximum absolute atomic E-state index is 9.74. The number of piperidine rings is 1. The lowest BCUT2D eigenvalue weighted by molar-refractivity contribution is 0.115. The molecule has 2 aliphatic rings. The molecular weight excluding hydrogens is 226 g/mol. The van der Waals surface area contributed by atoms with Crippen LogP contribution in [0.25, 0.3) is 0 Å². The highest BCUT2D eigenvalue weighted by molar-refractivity contribution is 5.38. The van der Waals surface area contributed by atoms with Crippen LogP contribution in [-0.2, 0) is 0 Å². The highest BCUT2D eigenvalue weighted by Crippen LogP contribution is 2.38. The largest absolute Gasteiger partial charge is 0.393 e. The Labute approximate surface area is 108 Å². The van der Waals surface area contributed by atoms with Gasteiger partial charge in [-0.25, -0.2) is 9.97 Å². The van der Waals surface area contributed by atoms with Crippen LogP contribution in [-0.4, -0.2) is 34.3 Å². The van der Waals surface area contributed by atoms with Crippen LogP contribution in [0.3, 0.4) is 0 Å². The van der Waals surface area contributed by atoms with Gasteiger partial charge in [-0.15, -0.1) is 0 Å². The van der Waals surface area contributed by atoms with E-state index in [2.05, 4.69) is 14.9 Å². The first-order valence-electron chi connectivity index (χ1n) is 7.00. The fourth-order valence-electron chi connectivity index (χ4n) is 2.69. The van der Waals surface area contributed by atoms with Crippen LogP contribution in [0.5, 0.6) is 0 Å². The van der Waals surface area contributed by atoms with E-state index in [0.717, 1.165) is 37.6 Å². The molecule has 1 saturated heterocycles. The van der Waals surface area contributed by atoms with Gasteiger partial charge in [-0.2, -0.15) is 0 Å². The van der Waals surface area contributed by atoms with Crippen molar-refractivity contribution in [3.05, 3.63) is 18.1 Å². The van der Waals surface area contributed by atoms with E-state index < -0.39 is 0 Å². The molecule has 0 spiro atoms. The predicted molar refractivity (Wildman–Crippen MR) is 70.6 cm³/mol. The zero-order chi connectivity index (χ0) is 12.5. The van der Waals surface area contributed by atoms with Crippen LogP contribution < -0.4 is 4.90 Å². The number of anilines is 1. The third-order valence-electron chi connectivity index (χ3n) is 4.07. The van der Waals surface area contributed by atoms with Gasteiger partial charge >= 0.3 is 0 Å². The molecular formula is C14H21N3O. The molecule has 0 aromatic carbocycles. The molecule has 2 fully saturated rings. The topological polar surface area (TPSA) is 49.2 Å². The SMILES string of the molecule is CC(O)C1CCCN(c2ccnc(C3CC3)n2)C1. The minimum Gasteiger partial charge on any atom is -0.393 e. The van der Waals surface area contributed by atoms with Gasteiger partial charge in [0.2, 0.25) is 0 Å². The summed E-state index contributed by atoms with van der Waals surface area (Å²) in [6.45, 7) is 3.85. The minimum absolute atomic E-state index is 0.225. The van der Waals surface area contributed by atoms with Gasteiger partial charge in [-0.1, -0.05) is 0 Å². The molecule has 1 aliphatic carbocycles. The molecule has 4 heteroatoms. The molecule has 1 N–H and O–H groups in total. The summed E-state index contributed by atoms with van der Waals surface area (Å²) in [5.74, 6) is 3.02. The lowest BCUT2D eigenvalue weighted by Gasteiger charge is -2.35. The monoisotopic (exact) mass is 247 g/mol. The Morgan fingerprint density at radius 1 is 1.39 bits per heavy atom. The van der Waals surface area contributed by atoms with Gasteiger partial charge in [-0.05, 0) is 38.7 Å². The molecule has 18 heavy (non-hydrogen) atoms. The average molecular weight is 247 g/mol. The van der Waals surface area contributed by atoms with Gasteiger partial charge in [0.1, 0.15) is 11.6 Å². The number of aromatic nitrogens is 2. The lowest BCUT2D eigenvalue weighted by Crippen LogP contribution is -2.40. The molecule has 98 valence electrons. The van der Waals surface area contributed by atoms with E-state index in [1.165, 1.54) is 12.8 Å². The summed E-state index contributed by atoms with van der Waals surface area (Å²) >= 11 is 0. The van der Waals surface area contributed by atoms with Gasteiger partial charge in [0, 0.05) is 31.1 Å². The van der Waals surface area contributed by atoms with Crippen molar-refractivity contribution in [1.29, 1.82) is 0 Å². The minimum atomic E-state index is -0.225. The standard InChI is InChI=1S/C14H21N3O/c1-10(18)12-3-2-8-17(9-12)13-6-7-15-14(16-13)11-4-5-11/h6-7,10-12,18H,2-5,8-9H2,1H3. The molecule has 3 rings (SSSR count). The van der Waals surface area contributed by atoms with E-state index in [0.29, 0.717) is 11.8 Å². The van der Waals surface area contributed by atoms with Crippen LogP contribution >= 0.6 is 0 Å².